The summed E-state index contributed by atoms with van der Waals surface area (Å²) in [5, 5.41) is 0. The maximum atomic E-state index is 5.87. The molecule has 0 aromatic heterocycles. The average molecular weight is 220 g/mol. The molecule has 0 N–H and O–H groups in total. The molecule has 1 aromatic carbocycles. The van der Waals surface area contributed by atoms with Crippen LogP contribution in [0.25, 0.3) is 0 Å². The van der Waals surface area contributed by atoms with Crippen molar-refractivity contribution in [3.63, 3.8) is 0 Å². The molecule has 1 aliphatic rings. The Morgan fingerprint density at radius 1 is 1.58 bits per heavy atom. The number of nitrogens with zero attached hydrogens (tertiary/aromatic N) is 1. The van der Waals surface area contributed by atoms with Crippen molar-refractivity contribution in [1.29, 1.82) is 0 Å². The molecule has 0 aliphatic carbocycles. The molecule has 2 nitrogen and oxygen atoms in total. The lowest BCUT2D eigenvalue weighted by Crippen LogP contribution is -1.83. The third-order valence-corrected chi connectivity index (χ3v) is 4.47. The number of halogens is 1. The normalized spacial score (nSPS) is 20.0. The van der Waals surface area contributed by atoms with Crippen LogP contribution in [0, 0.1) is 0 Å². The maximum Gasteiger partial charge on any atom is 0.135 e. The molecule has 1 aliphatic heterocycles. The molecule has 0 saturated heterocycles. The fourth-order valence-electron chi connectivity index (χ4n) is 0.985. The molecule has 0 radical (unpaired) electrons. The summed E-state index contributed by atoms with van der Waals surface area (Å²) in [4.78, 5) is 1.05. The van der Waals surface area contributed by atoms with Crippen molar-refractivity contribution < 1.29 is 4.74 Å². The molecule has 1 heterocycles. The molecule has 0 bridgehead atoms. The van der Waals surface area contributed by atoms with E-state index >= 15 is 0 Å². The van der Waals surface area contributed by atoms with Gasteiger partial charge in [-0.05, 0) is 33.6 Å². The van der Waals surface area contributed by atoms with Gasteiger partial charge in [0, 0.05) is 0 Å². The van der Waals surface area contributed by atoms with Crippen molar-refractivity contribution in [2.45, 2.75) is 4.90 Å². The van der Waals surface area contributed by atoms with Crippen LogP contribution in [0.4, 0.5) is 5.69 Å². The molecule has 64 valence electrons. The Kier molecular flexibility index (Phi) is 2.30. The maximum absolute atomic E-state index is 5.87. The van der Waals surface area contributed by atoms with Gasteiger partial charge in [-0.2, -0.15) is 0 Å². The number of hydrogen-bond acceptors (Lipinski definition) is 3. The number of rotatable bonds is 1. The fraction of sp³-hybridized carbons (Fsp3) is 0.143. The van der Waals surface area contributed by atoms with Crippen molar-refractivity contribution in [3.8, 4) is 5.75 Å². The smallest absolute Gasteiger partial charge is 0.135 e. The highest BCUT2D eigenvalue weighted by atomic mass is 35.7. The van der Waals surface area contributed by atoms with Gasteiger partial charge in [0.05, 0.1) is 26.6 Å². The Hall–Kier alpha value is -0.190. The molecular formula is C7H6ClNOS2. The molecule has 0 spiro atoms. The zero-order chi connectivity index (χ0) is 8.55. The van der Waals surface area contributed by atoms with E-state index in [1.54, 1.807) is 17.9 Å². The minimum atomic E-state index is -0.447. The molecule has 5 heteroatoms. The summed E-state index contributed by atoms with van der Waals surface area (Å²) in [6, 6.07) is 5.78. The molecule has 1 unspecified atom stereocenters. The van der Waals surface area contributed by atoms with E-state index in [-0.39, 0.29) is 0 Å². The predicted octanol–water partition coefficient (Wildman–Crippen LogP) is 3.30. The van der Waals surface area contributed by atoms with Crippen molar-refractivity contribution >= 4 is 36.1 Å². The minimum absolute atomic E-state index is 0.447. The number of ether oxygens (including phenoxy) is 1. The van der Waals surface area contributed by atoms with Crippen LogP contribution in [0.5, 0.6) is 5.75 Å². The average Bonchev–Trinajstić information content (AvgIpc) is 2.44. The highest BCUT2D eigenvalue weighted by Crippen LogP contribution is 2.47. The second-order valence-corrected chi connectivity index (χ2v) is 6.23. The van der Waals surface area contributed by atoms with E-state index in [2.05, 4.69) is 4.36 Å². The van der Waals surface area contributed by atoms with Gasteiger partial charge < -0.3 is 4.74 Å². The summed E-state index contributed by atoms with van der Waals surface area (Å²) < 4.78 is 9.41. The fourth-order valence-corrected chi connectivity index (χ4v) is 4.02. The molecular weight excluding hydrogens is 214 g/mol. The summed E-state index contributed by atoms with van der Waals surface area (Å²) >= 11 is 0. The lowest BCUT2D eigenvalue weighted by atomic mass is 10.3. The Bertz CT molecular complexity index is 353. The number of benzene rings is 1. The Labute approximate surface area is 81.3 Å². The van der Waals surface area contributed by atoms with Crippen LogP contribution in [0.15, 0.2) is 27.5 Å². The molecule has 1 aromatic rings. The van der Waals surface area contributed by atoms with Crippen LogP contribution in [-0.2, 0) is 8.94 Å². The number of methoxy groups -OCH3 is 1. The predicted molar refractivity (Wildman–Crippen MR) is 54.2 cm³/mol. The van der Waals surface area contributed by atoms with Gasteiger partial charge >= 0.3 is 0 Å². The van der Waals surface area contributed by atoms with Crippen molar-refractivity contribution in [2.24, 2.45) is 4.36 Å². The first-order chi connectivity index (χ1) is 5.81. The monoisotopic (exact) mass is 219 g/mol. The van der Waals surface area contributed by atoms with Gasteiger partial charge in [-0.3, -0.25) is 0 Å². The third-order valence-electron chi connectivity index (χ3n) is 1.50. The van der Waals surface area contributed by atoms with E-state index in [0.29, 0.717) is 0 Å². The lowest BCUT2D eigenvalue weighted by molar-refractivity contribution is 0.405. The minimum Gasteiger partial charge on any atom is -0.495 e. The summed E-state index contributed by atoms with van der Waals surface area (Å²) in [6.45, 7) is 0. The molecule has 0 amide bonds. The first-order valence-corrected chi connectivity index (χ1v) is 6.63. The largest absolute Gasteiger partial charge is 0.495 e. The first kappa shape index (κ1) is 8.41. The third kappa shape index (κ3) is 1.34. The van der Waals surface area contributed by atoms with Gasteiger partial charge in [-0.25, -0.2) is 4.36 Å². The Balaban J connectivity index is 2.51. The summed E-state index contributed by atoms with van der Waals surface area (Å²) in [5.41, 5.74) is 0.942. The molecule has 2 rings (SSSR count). The lowest BCUT2D eigenvalue weighted by Gasteiger charge is -2.02. The van der Waals surface area contributed by atoms with Crippen LogP contribution in [0.1, 0.15) is 0 Å². The number of hydrogen-bond donors (Lipinski definition) is 0. The highest BCUT2D eigenvalue weighted by molar-refractivity contribution is 8.78. The van der Waals surface area contributed by atoms with E-state index in [1.165, 1.54) is 0 Å². The van der Waals surface area contributed by atoms with Crippen LogP contribution < -0.4 is 4.74 Å². The van der Waals surface area contributed by atoms with Crippen LogP contribution in [-0.4, -0.2) is 7.11 Å². The van der Waals surface area contributed by atoms with Crippen LogP contribution >= 0.6 is 21.5 Å². The van der Waals surface area contributed by atoms with Crippen molar-refractivity contribution in [3.05, 3.63) is 18.2 Å². The Morgan fingerprint density at radius 3 is 3.17 bits per heavy atom. The first-order valence-electron chi connectivity index (χ1n) is 3.29. The summed E-state index contributed by atoms with van der Waals surface area (Å²) in [5.74, 6) is 0.858. The second-order valence-electron chi connectivity index (χ2n) is 2.19. The zero-order valence-electron chi connectivity index (χ0n) is 6.28. The topological polar surface area (TPSA) is 21.6 Å². The quantitative estimate of drug-likeness (QED) is 0.676. The summed E-state index contributed by atoms with van der Waals surface area (Å²) in [7, 11) is 8.63. The molecule has 12 heavy (non-hydrogen) atoms. The number of fused-ring (bicyclic) bond motifs is 1. The molecule has 0 fully saturated rings. The summed E-state index contributed by atoms with van der Waals surface area (Å²) in [6.07, 6.45) is 0. The highest BCUT2D eigenvalue weighted by Gasteiger charge is 2.17. The Morgan fingerprint density at radius 2 is 2.42 bits per heavy atom. The van der Waals surface area contributed by atoms with Gasteiger partial charge in [-0.15, -0.1) is 0 Å². The van der Waals surface area contributed by atoms with E-state index in [0.717, 1.165) is 16.3 Å². The second kappa shape index (κ2) is 3.28. The SMILES string of the molecule is COc1cccc2c1SS(Cl)=N2. The van der Waals surface area contributed by atoms with E-state index in [1.807, 2.05) is 18.2 Å². The van der Waals surface area contributed by atoms with E-state index in [9.17, 15) is 0 Å². The van der Waals surface area contributed by atoms with E-state index < -0.39 is 8.94 Å². The van der Waals surface area contributed by atoms with E-state index in [4.69, 9.17) is 15.4 Å². The van der Waals surface area contributed by atoms with Gasteiger partial charge in [0.25, 0.3) is 0 Å². The van der Waals surface area contributed by atoms with Crippen LogP contribution in [0.3, 0.4) is 0 Å². The van der Waals surface area contributed by atoms with Gasteiger partial charge in [0.2, 0.25) is 0 Å². The molecule has 1 atom stereocenters. The van der Waals surface area contributed by atoms with Gasteiger partial charge in [0.1, 0.15) is 5.75 Å². The van der Waals surface area contributed by atoms with Gasteiger partial charge in [0.15, 0.2) is 0 Å². The molecule has 0 saturated carbocycles. The zero-order valence-corrected chi connectivity index (χ0v) is 8.67. The van der Waals surface area contributed by atoms with Crippen molar-refractivity contribution in [2.75, 3.05) is 7.11 Å². The van der Waals surface area contributed by atoms with Crippen LogP contribution in [0.2, 0.25) is 0 Å². The standard InChI is InChI=1S/C7H6ClNOS2/c1-10-6-4-2-3-5-7(6)11-12(8)9-5/h2-4H,1H3. The van der Waals surface area contributed by atoms with Crippen molar-refractivity contribution in [1.82, 2.24) is 0 Å². The van der Waals surface area contributed by atoms with Gasteiger partial charge in [-0.1, -0.05) is 6.07 Å².